The van der Waals surface area contributed by atoms with Crippen LogP contribution < -0.4 is 0 Å². The first-order valence-corrected chi connectivity index (χ1v) is 11.9. The topological polar surface area (TPSA) is 26.3 Å². The van der Waals surface area contributed by atoms with Gasteiger partial charge in [-0.1, -0.05) is 109 Å². The first-order chi connectivity index (χ1) is 15.0. The summed E-state index contributed by atoms with van der Waals surface area (Å²) in [4.78, 5) is 11.9. The lowest BCUT2D eigenvalue weighted by molar-refractivity contribution is -0.139. The summed E-state index contributed by atoms with van der Waals surface area (Å²) < 4.78 is 5.64. The summed E-state index contributed by atoms with van der Waals surface area (Å²) in [7, 11) is 0. The van der Waals surface area contributed by atoms with E-state index in [0.717, 1.165) is 19.3 Å². The van der Waals surface area contributed by atoms with E-state index < -0.39 is 0 Å². The van der Waals surface area contributed by atoms with Crippen LogP contribution in [-0.4, -0.2) is 12.6 Å². The zero-order valence-corrected chi connectivity index (χ0v) is 20.9. The van der Waals surface area contributed by atoms with Crippen molar-refractivity contribution < 1.29 is 9.53 Å². The summed E-state index contributed by atoms with van der Waals surface area (Å²) in [5.74, 6) is 0.666. The van der Waals surface area contributed by atoms with Gasteiger partial charge in [0.05, 0.1) is 6.61 Å². The molecule has 0 saturated heterocycles. The van der Waals surface area contributed by atoms with Crippen LogP contribution in [0.15, 0.2) is 73.3 Å². The van der Waals surface area contributed by atoms with Crippen molar-refractivity contribution in [3.05, 3.63) is 84.4 Å². The Balaban J connectivity index is 2.34. The van der Waals surface area contributed by atoms with E-state index in [1.54, 1.807) is 0 Å². The molecule has 2 heteroatoms. The van der Waals surface area contributed by atoms with E-state index in [1.807, 2.05) is 0 Å². The van der Waals surface area contributed by atoms with Gasteiger partial charge in [-0.25, -0.2) is 4.79 Å². The van der Waals surface area contributed by atoms with Crippen LogP contribution in [0.2, 0.25) is 0 Å². The molecule has 0 spiro atoms. The minimum atomic E-state index is -0.340. The van der Waals surface area contributed by atoms with Crippen LogP contribution in [0, 0.1) is 16.7 Å². The van der Waals surface area contributed by atoms with Crippen molar-refractivity contribution in [1.82, 2.24) is 0 Å². The predicted octanol–water partition coefficient (Wildman–Crippen LogP) is 8.16. The molecule has 2 nitrogen and oxygen atoms in total. The van der Waals surface area contributed by atoms with E-state index in [4.69, 9.17) is 4.74 Å². The highest BCUT2D eigenvalue weighted by Crippen LogP contribution is 2.43. The van der Waals surface area contributed by atoms with E-state index in [0.29, 0.717) is 18.4 Å². The number of carbonyl (C=O) groups is 1. The van der Waals surface area contributed by atoms with Gasteiger partial charge in [0, 0.05) is 12.0 Å². The number of ether oxygens (including phenoxy) is 1. The predicted molar refractivity (Wildman–Crippen MR) is 136 cm³/mol. The van der Waals surface area contributed by atoms with Gasteiger partial charge in [-0.05, 0) is 53.1 Å². The first kappa shape index (κ1) is 25.9. The number of hydrogen-bond acceptors (Lipinski definition) is 2. The third-order valence-corrected chi connectivity index (χ3v) is 6.31. The van der Waals surface area contributed by atoms with Crippen molar-refractivity contribution in [2.45, 2.75) is 72.6 Å². The van der Waals surface area contributed by atoms with Gasteiger partial charge >= 0.3 is 5.97 Å². The van der Waals surface area contributed by atoms with Crippen molar-refractivity contribution in [2.75, 3.05) is 6.61 Å². The van der Waals surface area contributed by atoms with Gasteiger partial charge in [0.2, 0.25) is 0 Å². The molecule has 2 aromatic rings. The minimum Gasteiger partial charge on any atom is -0.462 e. The Labute approximate surface area is 196 Å². The molecule has 0 bridgehead atoms. The standard InChI is InChI=1S/C30H42O2/c1-8-28(31)32-22-25(26(21-29(2,3)4)23-15-11-9-12-16-23)19-20-27(30(5,6)7)24-17-13-10-14-18-24/h8-18,25-27H,1,19-22H2,2-7H3. The van der Waals surface area contributed by atoms with Crippen LogP contribution in [0.25, 0.3) is 0 Å². The zero-order valence-electron chi connectivity index (χ0n) is 20.9. The molecule has 0 aromatic heterocycles. The number of carbonyl (C=O) groups excluding carboxylic acids is 1. The molecule has 0 saturated carbocycles. The van der Waals surface area contributed by atoms with E-state index in [1.165, 1.54) is 17.2 Å². The highest BCUT2D eigenvalue weighted by atomic mass is 16.5. The highest BCUT2D eigenvalue weighted by molar-refractivity contribution is 5.81. The van der Waals surface area contributed by atoms with Crippen molar-refractivity contribution in [1.29, 1.82) is 0 Å². The van der Waals surface area contributed by atoms with E-state index >= 15 is 0 Å². The molecule has 0 aliphatic carbocycles. The molecule has 0 N–H and O–H groups in total. The first-order valence-electron chi connectivity index (χ1n) is 11.9. The van der Waals surface area contributed by atoms with Gasteiger partial charge in [-0.15, -0.1) is 0 Å². The van der Waals surface area contributed by atoms with Crippen LogP contribution in [0.1, 0.15) is 83.8 Å². The zero-order chi connectivity index (χ0) is 23.8. The van der Waals surface area contributed by atoms with Gasteiger partial charge in [-0.2, -0.15) is 0 Å². The van der Waals surface area contributed by atoms with Crippen molar-refractivity contribution in [3.63, 3.8) is 0 Å². The molecule has 0 aliphatic heterocycles. The molecule has 2 rings (SSSR count). The van der Waals surface area contributed by atoms with Crippen LogP contribution >= 0.6 is 0 Å². The van der Waals surface area contributed by atoms with Crippen LogP contribution in [-0.2, 0) is 9.53 Å². The van der Waals surface area contributed by atoms with Crippen molar-refractivity contribution in [2.24, 2.45) is 16.7 Å². The molecule has 0 heterocycles. The third-order valence-electron chi connectivity index (χ3n) is 6.31. The molecule has 0 amide bonds. The molecular weight excluding hydrogens is 392 g/mol. The molecule has 3 atom stereocenters. The van der Waals surface area contributed by atoms with E-state index in [-0.39, 0.29) is 22.7 Å². The van der Waals surface area contributed by atoms with E-state index in [9.17, 15) is 4.79 Å². The van der Waals surface area contributed by atoms with Crippen molar-refractivity contribution in [3.8, 4) is 0 Å². The Bertz CT molecular complexity index is 825. The molecule has 32 heavy (non-hydrogen) atoms. The van der Waals surface area contributed by atoms with Crippen LogP contribution in [0.5, 0.6) is 0 Å². The lowest BCUT2D eigenvalue weighted by atomic mass is 9.70. The van der Waals surface area contributed by atoms with Gasteiger partial charge in [-0.3, -0.25) is 0 Å². The number of hydrogen-bond donors (Lipinski definition) is 0. The molecule has 0 aliphatic rings. The second-order valence-electron chi connectivity index (χ2n) is 11.3. The monoisotopic (exact) mass is 434 g/mol. The van der Waals surface area contributed by atoms with Gasteiger partial charge in [0.1, 0.15) is 0 Å². The van der Waals surface area contributed by atoms with Gasteiger partial charge in [0.25, 0.3) is 0 Å². The minimum absolute atomic E-state index is 0.149. The SMILES string of the molecule is C=CC(=O)OCC(CCC(c1ccccc1)C(C)(C)C)C(CC(C)(C)C)c1ccccc1. The molecular formula is C30H42O2. The highest BCUT2D eigenvalue weighted by Gasteiger charge is 2.32. The second kappa shape index (κ2) is 11.5. The fourth-order valence-electron chi connectivity index (χ4n) is 4.73. The average Bonchev–Trinajstić information content (AvgIpc) is 2.74. The fourth-order valence-corrected chi connectivity index (χ4v) is 4.73. The maximum absolute atomic E-state index is 11.9. The molecule has 0 radical (unpaired) electrons. The summed E-state index contributed by atoms with van der Waals surface area (Å²) >= 11 is 0. The Hall–Kier alpha value is -2.35. The summed E-state index contributed by atoms with van der Waals surface area (Å²) in [5, 5.41) is 0. The summed E-state index contributed by atoms with van der Waals surface area (Å²) in [5.41, 5.74) is 3.03. The van der Waals surface area contributed by atoms with E-state index in [2.05, 4.69) is 109 Å². The maximum atomic E-state index is 11.9. The molecule has 3 unspecified atom stereocenters. The van der Waals surface area contributed by atoms with Crippen molar-refractivity contribution >= 4 is 5.97 Å². The number of benzene rings is 2. The average molecular weight is 435 g/mol. The Kier molecular flexibility index (Phi) is 9.31. The summed E-state index contributed by atoms with van der Waals surface area (Å²) in [6.07, 6.45) is 4.35. The van der Waals surface area contributed by atoms with Crippen LogP contribution in [0.3, 0.4) is 0 Å². The third kappa shape index (κ3) is 8.30. The Morgan fingerprint density at radius 3 is 1.88 bits per heavy atom. The summed E-state index contributed by atoms with van der Waals surface area (Å²) in [6.45, 7) is 17.8. The second-order valence-corrected chi connectivity index (χ2v) is 11.3. The largest absolute Gasteiger partial charge is 0.462 e. The molecule has 174 valence electrons. The Morgan fingerprint density at radius 1 is 0.875 bits per heavy atom. The van der Waals surface area contributed by atoms with Gasteiger partial charge in [0.15, 0.2) is 0 Å². The fraction of sp³-hybridized carbons (Fsp3) is 0.500. The van der Waals surface area contributed by atoms with Crippen LogP contribution in [0.4, 0.5) is 0 Å². The lowest BCUT2D eigenvalue weighted by Crippen LogP contribution is -2.26. The lowest BCUT2D eigenvalue weighted by Gasteiger charge is -2.36. The molecule has 0 fully saturated rings. The summed E-state index contributed by atoms with van der Waals surface area (Å²) in [6, 6.07) is 21.5. The number of rotatable bonds is 10. The normalized spacial score (nSPS) is 14.9. The quantitative estimate of drug-likeness (QED) is 0.278. The number of esters is 1. The Morgan fingerprint density at radius 2 is 1.41 bits per heavy atom. The smallest absolute Gasteiger partial charge is 0.330 e. The maximum Gasteiger partial charge on any atom is 0.330 e. The van der Waals surface area contributed by atoms with Gasteiger partial charge < -0.3 is 4.74 Å². The molecule has 2 aromatic carbocycles.